The summed E-state index contributed by atoms with van der Waals surface area (Å²) in [6, 6.07) is 1.27. The number of likely N-dealkylation sites (N-methyl/N-ethyl adjacent to an activating group) is 1. The van der Waals surface area contributed by atoms with Crippen molar-refractivity contribution in [2.75, 3.05) is 39.2 Å². The summed E-state index contributed by atoms with van der Waals surface area (Å²) in [5.74, 6) is -8.13. The second-order valence-corrected chi connectivity index (χ2v) is 16.6. The normalized spacial score (nSPS) is 29.0. The Kier molecular flexibility index (Phi) is 16.6. The Balaban J connectivity index is 1.93. The van der Waals surface area contributed by atoms with E-state index in [1.807, 2.05) is 18.9 Å². The predicted molar refractivity (Wildman–Crippen MR) is 233 cm³/mol. The average molecular weight is 868 g/mol. The molecule has 5 bridgehead atoms. The lowest BCUT2D eigenvalue weighted by molar-refractivity contribution is -0.160. The molecule has 342 valence electrons. The van der Waals surface area contributed by atoms with Crippen molar-refractivity contribution in [3.05, 3.63) is 53.3 Å². The Hall–Kier alpha value is -5.16. The third kappa shape index (κ3) is 10.4. The molecule has 5 rings (SSSR count). The number of phenolic OH excluding ortho intramolecular Hbond substituents is 2. The highest BCUT2D eigenvalue weighted by Gasteiger charge is 2.50. The van der Waals surface area contributed by atoms with Crippen LogP contribution in [0.15, 0.2) is 42.2 Å². The molecule has 0 saturated carbocycles. The van der Waals surface area contributed by atoms with Crippen LogP contribution in [0.2, 0.25) is 0 Å². The van der Waals surface area contributed by atoms with Crippen molar-refractivity contribution < 1.29 is 63.3 Å². The number of aliphatic hydroxyl groups excluding tert-OH is 2. The maximum absolute atomic E-state index is 14.6. The number of nitrogens with zero attached hydrogens (tertiary/aromatic N) is 2. The van der Waals surface area contributed by atoms with Crippen molar-refractivity contribution in [3.8, 4) is 23.0 Å². The molecule has 3 aliphatic rings. The predicted octanol–water partition coefficient (Wildman–Crippen LogP) is 5.92. The average Bonchev–Trinajstić information content (AvgIpc) is 3.50. The quantitative estimate of drug-likeness (QED) is 0.107. The summed E-state index contributed by atoms with van der Waals surface area (Å²) in [7, 11) is 3.07. The Morgan fingerprint density at radius 3 is 2.18 bits per heavy atom. The molecule has 0 saturated heterocycles. The van der Waals surface area contributed by atoms with Crippen LogP contribution in [0.25, 0.3) is 10.8 Å². The molecular weight excluding hydrogens is 803 g/mol. The number of rotatable bonds is 10. The summed E-state index contributed by atoms with van der Waals surface area (Å²) in [4.78, 5) is 54.2. The van der Waals surface area contributed by atoms with Crippen LogP contribution in [0, 0.1) is 30.6 Å². The molecule has 3 aliphatic heterocycles. The van der Waals surface area contributed by atoms with Crippen molar-refractivity contribution in [3.63, 3.8) is 0 Å². The van der Waals surface area contributed by atoms with E-state index in [2.05, 4.69) is 5.32 Å². The van der Waals surface area contributed by atoms with Gasteiger partial charge in [-0.15, -0.1) is 0 Å². The first-order chi connectivity index (χ1) is 29.1. The molecule has 0 spiro atoms. The fourth-order valence-electron chi connectivity index (χ4n) is 8.07. The van der Waals surface area contributed by atoms with Crippen LogP contribution in [-0.2, 0) is 28.6 Å². The molecule has 0 fully saturated rings. The zero-order valence-electron chi connectivity index (χ0n) is 38.0. The van der Waals surface area contributed by atoms with Gasteiger partial charge in [0.15, 0.2) is 12.4 Å². The molecule has 62 heavy (non-hydrogen) atoms. The van der Waals surface area contributed by atoms with Gasteiger partial charge in [0, 0.05) is 87.4 Å². The first-order valence-corrected chi connectivity index (χ1v) is 21.2. The minimum atomic E-state index is -2.04. The van der Waals surface area contributed by atoms with Crippen LogP contribution in [0.5, 0.6) is 23.0 Å². The zero-order chi connectivity index (χ0) is 46.4. The van der Waals surface area contributed by atoms with Gasteiger partial charge in [0.1, 0.15) is 23.4 Å². The summed E-state index contributed by atoms with van der Waals surface area (Å²) in [5, 5.41) is 52.0. The van der Waals surface area contributed by atoms with Crippen LogP contribution in [0.4, 0.5) is 5.69 Å². The van der Waals surface area contributed by atoms with E-state index in [1.165, 1.54) is 64.3 Å². The third-order valence-corrected chi connectivity index (χ3v) is 11.9. The monoisotopic (exact) mass is 867 g/mol. The number of hydrogen-bond acceptors (Lipinski definition) is 14. The summed E-state index contributed by atoms with van der Waals surface area (Å²) in [6.07, 6.45) is 5.18. The number of hydrazine groups is 1. The second kappa shape index (κ2) is 20.8. The number of aliphatic hydroxyl groups is 2. The van der Waals surface area contributed by atoms with Gasteiger partial charge in [-0.05, 0) is 32.8 Å². The number of aromatic hydroxyl groups is 2. The topological polar surface area (TPSA) is 214 Å². The molecule has 0 aromatic heterocycles. The van der Waals surface area contributed by atoms with Gasteiger partial charge in [0.2, 0.25) is 0 Å². The van der Waals surface area contributed by atoms with Crippen LogP contribution in [0.1, 0.15) is 91.1 Å². The van der Waals surface area contributed by atoms with Gasteiger partial charge in [-0.1, -0.05) is 59.8 Å². The second-order valence-electron chi connectivity index (χ2n) is 16.6. The van der Waals surface area contributed by atoms with Gasteiger partial charge in [-0.3, -0.25) is 24.2 Å². The van der Waals surface area contributed by atoms with Crippen LogP contribution in [-0.4, -0.2) is 118 Å². The lowest BCUT2D eigenvalue weighted by Crippen LogP contribution is -2.46. The van der Waals surface area contributed by atoms with E-state index in [1.54, 1.807) is 46.9 Å². The smallest absolute Gasteiger partial charge is 0.312 e. The maximum atomic E-state index is 14.6. The minimum Gasteiger partial charge on any atom is -0.507 e. The summed E-state index contributed by atoms with van der Waals surface area (Å²) in [6.45, 7) is 17.3. The highest BCUT2D eigenvalue weighted by Crippen LogP contribution is 2.54. The first kappa shape index (κ1) is 49.5. The Labute approximate surface area is 364 Å². The number of amides is 2. The molecule has 0 radical (unpaired) electrons. The number of esters is 1. The molecule has 2 aromatic rings. The van der Waals surface area contributed by atoms with Crippen LogP contribution in [0.3, 0.4) is 0 Å². The van der Waals surface area contributed by atoms with Crippen molar-refractivity contribution in [2.24, 2.45) is 23.7 Å². The fraction of sp³-hybridized carbons (Fsp3) is 0.565. The van der Waals surface area contributed by atoms with E-state index in [9.17, 15) is 39.6 Å². The molecule has 2 aromatic carbocycles. The number of benzene rings is 2. The lowest BCUT2D eigenvalue weighted by Gasteiger charge is -2.38. The van der Waals surface area contributed by atoms with E-state index >= 15 is 0 Å². The Morgan fingerprint density at radius 2 is 1.58 bits per heavy atom. The number of Topliss-reactive ketones (excluding diaryl/α,β-unsaturated/α-hetero) is 1. The van der Waals surface area contributed by atoms with Crippen molar-refractivity contribution in [2.45, 2.75) is 112 Å². The molecule has 16 nitrogen and oxygen atoms in total. The molecule has 9 atom stereocenters. The zero-order valence-corrected chi connectivity index (χ0v) is 38.0. The van der Waals surface area contributed by atoms with E-state index in [0.29, 0.717) is 13.1 Å². The molecule has 2 amide bonds. The van der Waals surface area contributed by atoms with Gasteiger partial charge in [-0.2, -0.15) is 0 Å². The van der Waals surface area contributed by atoms with Gasteiger partial charge in [0.05, 0.1) is 41.2 Å². The maximum Gasteiger partial charge on any atom is 0.312 e. The number of phenols is 2. The number of carbonyl (C=O) groups excluding carboxylic acids is 4. The number of ether oxygens (including phenoxy) is 5. The van der Waals surface area contributed by atoms with E-state index in [4.69, 9.17) is 23.7 Å². The number of carbonyl (C=O) groups is 4. The largest absolute Gasteiger partial charge is 0.507 e. The Bertz CT molecular complexity index is 2080. The van der Waals surface area contributed by atoms with Crippen molar-refractivity contribution in [1.29, 1.82) is 0 Å². The van der Waals surface area contributed by atoms with E-state index in [-0.39, 0.29) is 44.7 Å². The highest BCUT2D eigenvalue weighted by atomic mass is 16.7. The SMILES string of the molecule is CCCN(CCC)N(C)C(=O)COc1cc2c(O)c3c(O)c(C)c4c(c13)C(=O)[C@@](C)(O/C=C/[C@H](OC)[C@@H](C)[C@@H](OC(C)=O)[C@H](C)[C@@H](O)[C@H](C)[C@H](O)[C@H](C)/C=C/C=C(/C)C(=O)N2)O4. The number of allylic oxidation sites excluding steroid dienone is 2. The molecule has 5 N–H and O–H groups in total. The Morgan fingerprint density at radius 1 is 0.935 bits per heavy atom. The van der Waals surface area contributed by atoms with Gasteiger partial charge >= 0.3 is 11.8 Å². The van der Waals surface area contributed by atoms with Crippen molar-refractivity contribution >= 4 is 40.0 Å². The van der Waals surface area contributed by atoms with E-state index < -0.39 is 95.5 Å². The standard InChI is InChI=1S/C46H65N3O13/c1-13-19-49(20-14-2)48(11)34(51)23-59-33-22-31-41(55)36-35(33)37-43(29(8)40(36)54)62-46(10,44(37)56)60-21-18-32(58-12)26(5)42(61-30(9)50)28(7)39(53)27(6)38(52)24(3)16-15-17-25(4)45(57)47-31/h15-18,21-22,24,26-28,32,38-39,42,52-55H,13-14,19-20,23H2,1-12H3,(H,47,57)/b16-15+,21-18+,25-17-/t24-,26-,27-,28-,32+,38-,39+,42-,46+/m1/s1. The molecule has 16 heteroatoms. The molecule has 0 unspecified atom stereocenters. The summed E-state index contributed by atoms with van der Waals surface area (Å²) in [5.41, 5.74) is -0.0256. The number of nitrogens with one attached hydrogen (secondary N) is 1. The highest BCUT2D eigenvalue weighted by molar-refractivity contribution is 6.21. The number of anilines is 1. The van der Waals surface area contributed by atoms with Crippen LogP contribution >= 0.6 is 0 Å². The number of fused-ring (bicyclic) bond motifs is 14. The summed E-state index contributed by atoms with van der Waals surface area (Å²) >= 11 is 0. The van der Waals surface area contributed by atoms with Crippen LogP contribution < -0.4 is 14.8 Å². The third-order valence-electron chi connectivity index (χ3n) is 11.9. The summed E-state index contributed by atoms with van der Waals surface area (Å²) < 4.78 is 29.9. The van der Waals surface area contributed by atoms with E-state index in [0.717, 1.165) is 12.8 Å². The number of methoxy groups -OCH3 is 1. The van der Waals surface area contributed by atoms with Gasteiger partial charge < -0.3 is 49.4 Å². The minimum absolute atomic E-state index is 0.0616. The lowest BCUT2D eigenvalue weighted by atomic mass is 9.78. The molecule has 0 aliphatic carbocycles. The van der Waals surface area contributed by atoms with Crippen molar-refractivity contribution in [1.82, 2.24) is 10.0 Å². The molecular formula is C46H65N3O13. The molecule has 3 heterocycles. The number of hydrogen-bond donors (Lipinski definition) is 5. The first-order valence-electron chi connectivity index (χ1n) is 21.2. The van der Waals surface area contributed by atoms with Gasteiger partial charge in [-0.25, -0.2) is 5.01 Å². The fourth-order valence-corrected chi connectivity index (χ4v) is 8.07. The number of ketones is 1. The van der Waals surface area contributed by atoms with Gasteiger partial charge in [0.25, 0.3) is 17.6 Å².